The Morgan fingerprint density at radius 3 is 2.58 bits per heavy atom. The van der Waals surface area contributed by atoms with Crippen LogP contribution in [0, 0.1) is 0 Å². The quantitative estimate of drug-likeness (QED) is 0.730. The maximum absolute atomic E-state index is 11.5. The van der Waals surface area contributed by atoms with E-state index in [9.17, 15) is 9.90 Å². The van der Waals surface area contributed by atoms with Gasteiger partial charge in [-0.05, 0) is 25.5 Å². The number of esters is 1. The van der Waals surface area contributed by atoms with Gasteiger partial charge in [0, 0.05) is 6.54 Å². The van der Waals surface area contributed by atoms with Gasteiger partial charge in [0.2, 0.25) is 0 Å². The first kappa shape index (κ1) is 15.7. The molecule has 106 valence electrons. The Bertz CT molecular complexity index is 367. The molecule has 0 heterocycles. The summed E-state index contributed by atoms with van der Waals surface area (Å²) >= 11 is 0. The Balaban J connectivity index is 2.55. The number of hydrogen-bond acceptors (Lipinski definition) is 4. The van der Waals surface area contributed by atoms with Crippen molar-refractivity contribution < 1.29 is 14.6 Å². The summed E-state index contributed by atoms with van der Waals surface area (Å²) in [6.07, 6.45) is 0.350. The van der Waals surface area contributed by atoms with Crippen LogP contribution in [0.3, 0.4) is 0 Å². The first-order valence-corrected chi connectivity index (χ1v) is 6.78. The maximum Gasteiger partial charge on any atom is 0.320 e. The van der Waals surface area contributed by atoms with Crippen molar-refractivity contribution in [3.8, 4) is 0 Å². The molecule has 1 unspecified atom stereocenters. The molecule has 0 bridgehead atoms. The van der Waals surface area contributed by atoms with E-state index in [4.69, 9.17) is 4.74 Å². The van der Waals surface area contributed by atoms with Gasteiger partial charge in [-0.25, -0.2) is 0 Å². The summed E-state index contributed by atoms with van der Waals surface area (Å²) in [5.74, 6) is -0.240. The average Bonchev–Trinajstić information content (AvgIpc) is 2.40. The van der Waals surface area contributed by atoms with Gasteiger partial charge in [-0.1, -0.05) is 37.3 Å². The zero-order chi connectivity index (χ0) is 14.1. The fraction of sp³-hybridized carbons (Fsp3) is 0.533. The van der Waals surface area contributed by atoms with Gasteiger partial charge in [0.1, 0.15) is 0 Å². The van der Waals surface area contributed by atoms with Crippen LogP contribution in [0.1, 0.15) is 31.9 Å². The lowest BCUT2D eigenvalue weighted by Crippen LogP contribution is -2.35. The maximum atomic E-state index is 11.5. The van der Waals surface area contributed by atoms with Gasteiger partial charge in [0.15, 0.2) is 0 Å². The van der Waals surface area contributed by atoms with Crippen molar-refractivity contribution in [3.63, 3.8) is 0 Å². The van der Waals surface area contributed by atoms with E-state index in [1.165, 1.54) is 0 Å². The Morgan fingerprint density at radius 1 is 1.32 bits per heavy atom. The van der Waals surface area contributed by atoms with E-state index < -0.39 is 6.10 Å². The molecule has 0 fully saturated rings. The van der Waals surface area contributed by atoms with Gasteiger partial charge in [-0.2, -0.15) is 0 Å². The zero-order valence-electron chi connectivity index (χ0n) is 11.7. The third-order valence-electron chi connectivity index (χ3n) is 2.81. The van der Waals surface area contributed by atoms with Gasteiger partial charge in [-0.15, -0.1) is 0 Å². The second-order valence-corrected chi connectivity index (χ2v) is 4.47. The highest BCUT2D eigenvalue weighted by Crippen LogP contribution is 2.13. The number of benzene rings is 1. The minimum Gasteiger partial charge on any atom is -0.465 e. The number of nitrogens with zero attached hydrogens (tertiary/aromatic N) is 1. The SMILES string of the molecule is CCCN(CC(=O)OCC)CC(O)c1ccccc1. The number of aliphatic hydroxyl groups excluding tert-OH is 1. The Labute approximate surface area is 115 Å². The predicted molar refractivity (Wildman–Crippen MR) is 74.8 cm³/mol. The molecule has 0 aliphatic heterocycles. The number of carbonyl (C=O) groups is 1. The highest BCUT2D eigenvalue weighted by atomic mass is 16.5. The van der Waals surface area contributed by atoms with Gasteiger partial charge < -0.3 is 9.84 Å². The molecule has 4 heteroatoms. The molecule has 0 spiro atoms. The van der Waals surface area contributed by atoms with Crippen molar-refractivity contribution >= 4 is 5.97 Å². The van der Waals surface area contributed by atoms with Crippen molar-refractivity contribution in [3.05, 3.63) is 35.9 Å². The van der Waals surface area contributed by atoms with Crippen LogP contribution in [0.4, 0.5) is 0 Å². The summed E-state index contributed by atoms with van der Waals surface area (Å²) < 4.78 is 4.94. The second-order valence-electron chi connectivity index (χ2n) is 4.47. The van der Waals surface area contributed by atoms with E-state index in [2.05, 4.69) is 0 Å². The minimum absolute atomic E-state index is 0.228. The van der Waals surface area contributed by atoms with Gasteiger partial charge in [0.05, 0.1) is 19.3 Å². The lowest BCUT2D eigenvalue weighted by molar-refractivity contribution is -0.144. The number of ether oxygens (including phenoxy) is 1. The van der Waals surface area contributed by atoms with Crippen LogP contribution in [-0.2, 0) is 9.53 Å². The molecule has 4 nitrogen and oxygen atoms in total. The predicted octanol–water partition coefficient (Wildman–Crippen LogP) is 2.00. The highest BCUT2D eigenvalue weighted by molar-refractivity contribution is 5.71. The standard InChI is InChI=1S/C15H23NO3/c1-3-10-16(12-15(18)19-4-2)11-14(17)13-8-6-5-7-9-13/h5-9,14,17H,3-4,10-12H2,1-2H3. The molecule has 1 aromatic carbocycles. The van der Waals surface area contributed by atoms with Crippen LogP contribution in [-0.4, -0.2) is 42.2 Å². The van der Waals surface area contributed by atoms with Crippen LogP contribution in [0.25, 0.3) is 0 Å². The van der Waals surface area contributed by atoms with Crippen molar-refractivity contribution in [2.24, 2.45) is 0 Å². The summed E-state index contributed by atoms with van der Waals surface area (Å²) in [4.78, 5) is 13.4. The van der Waals surface area contributed by atoms with Crippen molar-refractivity contribution in [1.82, 2.24) is 4.90 Å². The second kappa shape index (κ2) is 8.67. The van der Waals surface area contributed by atoms with E-state index in [-0.39, 0.29) is 12.5 Å². The summed E-state index contributed by atoms with van der Waals surface area (Å²) in [7, 11) is 0. The first-order valence-electron chi connectivity index (χ1n) is 6.78. The molecule has 19 heavy (non-hydrogen) atoms. The fourth-order valence-electron chi connectivity index (χ4n) is 1.97. The molecule has 0 radical (unpaired) electrons. The molecule has 1 atom stereocenters. The van der Waals surface area contributed by atoms with Gasteiger partial charge in [0.25, 0.3) is 0 Å². The van der Waals surface area contributed by atoms with Gasteiger partial charge in [-0.3, -0.25) is 9.69 Å². The fourth-order valence-corrected chi connectivity index (χ4v) is 1.97. The molecule has 0 aliphatic rings. The van der Waals surface area contributed by atoms with Gasteiger partial charge >= 0.3 is 5.97 Å². The van der Waals surface area contributed by atoms with E-state index in [1.807, 2.05) is 42.2 Å². The zero-order valence-corrected chi connectivity index (χ0v) is 11.7. The Hall–Kier alpha value is -1.39. The number of hydrogen-bond donors (Lipinski definition) is 1. The molecule has 0 saturated heterocycles. The molecule has 0 amide bonds. The highest BCUT2D eigenvalue weighted by Gasteiger charge is 2.16. The van der Waals surface area contributed by atoms with Crippen LogP contribution < -0.4 is 0 Å². The lowest BCUT2D eigenvalue weighted by atomic mass is 10.1. The normalized spacial score (nSPS) is 12.4. The minimum atomic E-state index is -0.581. The van der Waals surface area contributed by atoms with Crippen LogP contribution in [0.15, 0.2) is 30.3 Å². The van der Waals surface area contributed by atoms with Crippen molar-refractivity contribution in [1.29, 1.82) is 0 Å². The average molecular weight is 265 g/mol. The molecular formula is C15H23NO3. The summed E-state index contributed by atoms with van der Waals surface area (Å²) in [5.41, 5.74) is 0.868. The monoisotopic (exact) mass is 265 g/mol. The Kier molecular flexibility index (Phi) is 7.15. The van der Waals surface area contributed by atoms with Crippen molar-refractivity contribution in [2.75, 3.05) is 26.2 Å². The third kappa shape index (κ3) is 5.85. The van der Waals surface area contributed by atoms with E-state index in [0.29, 0.717) is 13.2 Å². The van der Waals surface area contributed by atoms with Crippen LogP contribution in [0.5, 0.6) is 0 Å². The van der Waals surface area contributed by atoms with E-state index in [1.54, 1.807) is 6.92 Å². The molecule has 0 aliphatic carbocycles. The first-order chi connectivity index (χ1) is 9.17. The molecule has 1 N–H and O–H groups in total. The van der Waals surface area contributed by atoms with Crippen LogP contribution in [0.2, 0.25) is 0 Å². The number of aliphatic hydroxyl groups is 1. The molecule has 0 saturated carbocycles. The topological polar surface area (TPSA) is 49.8 Å². The van der Waals surface area contributed by atoms with E-state index in [0.717, 1.165) is 18.5 Å². The third-order valence-corrected chi connectivity index (χ3v) is 2.81. The Morgan fingerprint density at radius 2 is 2.00 bits per heavy atom. The van der Waals surface area contributed by atoms with Crippen molar-refractivity contribution in [2.45, 2.75) is 26.4 Å². The largest absolute Gasteiger partial charge is 0.465 e. The lowest BCUT2D eigenvalue weighted by Gasteiger charge is -2.23. The molecule has 1 aromatic rings. The summed E-state index contributed by atoms with van der Waals surface area (Å²) in [6.45, 7) is 5.67. The van der Waals surface area contributed by atoms with Crippen LogP contribution >= 0.6 is 0 Å². The molecule has 0 aromatic heterocycles. The summed E-state index contributed by atoms with van der Waals surface area (Å²) in [6, 6.07) is 9.49. The van der Waals surface area contributed by atoms with E-state index >= 15 is 0 Å². The molecule has 1 rings (SSSR count). The number of rotatable bonds is 8. The molecular weight excluding hydrogens is 242 g/mol. The smallest absolute Gasteiger partial charge is 0.320 e. The summed E-state index contributed by atoms with van der Waals surface area (Å²) in [5, 5.41) is 10.2. The number of carbonyl (C=O) groups excluding carboxylic acids is 1.